The molecule has 0 atom stereocenters. The molecule has 1 aromatic heterocycles. The van der Waals surface area contributed by atoms with Crippen molar-refractivity contribution >= 4 is 11.5 Å². The number of nitrogens with zero attached hydrogens (tertiary/aromatic N) is 1. The maximum absolute atomic E-state index is 10.5. The van der Waals surface area contributed by atoms with Gasteiger partial charge in [0.25, 0.3) is 0 Å². The summed E-state index contributed by atoms with van der Waals surface area (Å²) < 4.78 is 0. The second-order valence-corrected chi connectivity index (χ2v) is 2.08. The molecule has 62 valence electrons. The highest BCUT2D eigenvalue weighted by atomic mass is 16.4. The van der Waals surface area contributed by atoms with E-state index in [4.69, 9.17) is 10.2 Å². The van der Waals surface area contributed by atoms with Crippen molar-refractivity contribution < 1.29 is 15.0 Å². The van der Waals surface area contributed by atoms with Gasteiger partial charge in [0.2, 0.25) is 0 Å². The van der Waals surface area contributed by atoms with Crippen LogP contribution in [0, 0.1) is 0 Å². The second-order valence-electron chi connectivity index (χ2n) is 2.08. The summed E-state index contributed by atoms with van der Waals surface area (Å²) >= 11 is 0. The lowest BCUT2D eigenvalue weighted by molar-refractivity contribution is -0.130. The van der Waals surface area contributed by atoms with Crippen LogP contribution in [0.25, 0.3) is 5.57 Å². The van der Waals surface area contributed by atoms with Gasteiger partial charge in [-0.1, -0.05) is 0 Å². The number of hydrogen-bond acceptors (Lipinski definition) is 3. The molecule has 0 bridgehead atoms. The van der Waals surface area contributed by atoms with Crippen LogP contribution in [0.5, 0.6) is 0 Å². The van der Waals surface area contributed by atoms with Crippen LogP contribution in [0.1, 0.15) is 5.56 Å². The van der Waals surface area contributed by atoms with Gasteiger partial charge in [0, 0.05) is 12.4 Å². The molecule has 0 aliphatic carbocycles. The Hall–Kier alpha value is -1.84. The molecule has 12 heavy (non-hydrogen) atoms. The lowest BCUT2D eigenvalue weighted by Gasteiger charge is -1.98. The van der Waals surface area contributed by atoms with Crippen LogP contribution in [-0.4, -0.2) is 21.2 Å². The summed E-state index contributed by atoms with van der Waals surface area (Å²) in [5, 5.41) is 17.2. The van der Waals surface area contributed by atoms with E-state index in [0.717, 1.165) is 0 Å². The predicted octanol–water partition coefficient (Wildman–Crippen LogP) is 1.07. The Morgan fingerprint density at radius 1 is 1.42 bits per heavy atom. The van der Waals surface area contributed by atoms with E-state index in [9.17, 15) is 4.79 Å². The van der Waals surface area contributed by atoms with Crippen molar-refractivity contribution in [1.82, 2.24) is 4.98 Å². The molecule has 0 spiro atoms. The summed E-state index contributed by atoms with van der Waals surface area (Å²) in [6.45, 7) is 0. The molecule has 0 aliphatic rings. The zero-order valence-electron chi connectivity index (χ0n) is 6.14. The third kappa shape index (κ3) is 1.60. The van der Waals surface area contributed by atoms with E-state index < -0.39 is 5.97 Å². The van der Waals surface area contributed by atoms with Crippen molar-refractivity contribution in [3.63, 3.8) is 0 Å². The fourth-order valence-corrected chi connectivity index (χ4v) is 0.785. The topological polar surface area (TPSA) is 70.4 Å². The third-order valence-corrected chi connectivity index (χ3v) is 1.35. The highest BCUT2D eigenvalue weighted by Crippen LogP contribution is 2.11. The van der Waals surface area contributed by atoms with E-state index in [1.807, 2.05) is 0 Å². The number of pyridine rings is 1. The summed E-state index contributed by atoms with van der Waals surface area (Å²) in [6.07, 6.45) is 3.49. The van der Waals surface area contributed by atoms with Gasteiger partial charge in [-0.15, -0.1) is 0 Å². The van der Waals surface area contributed by atoms with E-state index in [-0.39, 0.29) is 5.57 Å². The minimum absolute atomic E-state index is 0.141. The Bertz CT molecular complexity index is 305. The van der Waals surface area contributed by atoms with Crippen LogP contribution < -0.4 is 0 Å². The summed E-state index contributed by atoms with van der Waals surface area (Å²) in [5.74, 6) is -1.16. The molecule has 1 aromatic rings. The number of aliphatic hydroxyl groups is 1. The van der Waals surface area contributed by atoms with Crippen molar-refractivity contribution in [2.24, 2.45) is 0 Å². The summed E-state index contributed by atoms with van der Waals surface area (Å²) in [6, 6.07) is 3.02. The standard InChI is InChI=1S/C8H7NO3/c10-5-7(8(11)12)6-1-3-9-4-2-6/h1-5,10H,(H,11,12). The molecule has 0 radical (unpaired) electrons. The Morgan fingerprint density at radius 3 is 2.42 bits per heavy atom. The molecule has 0 unspecified atom stereocenters. The molecular weight excluding hydrogens is 158 g/mol. The Kier molecular flexibility index (Phi) is 2.42. The van der Waals surface area contributed by atoms with Crippen molar-refractivity contribution in [2.75, 3.05) is 0 Å². The van der Waals surface area contributed by atoms with Gasteiger partial charge in [-0.3, -0.25) is 4.98 Å². The molecule has 0 saturated heterocycles. The van der Waals surface area contributed by atoms with Gasteiger partial charge in [0.15, 0.2) is 0 Å². The molecule has 0 saturated carbocycles. The minimum atomic E-state index is -1.16. The van der Waals surface area contributed by atoms with Gasteiger partial charge < -0.3 is 10.2 Å². The van der Waals surface area contributed by atoms with E-state index >= 15 is 0 Å². The zero-order chi connectivity index (χ0) is 8.97. The number of aromatic nitrogens is 1. The van der Waals surface area contributed by atoms with Gasteiger partial charge in [0.05, 0.1) is 6.26 Å². The zero-order valence-corrected chi connectivity index (χ0v) is 6.14. The summed E-state index contributed by atoms with van der Waals surface area (Å²) in [4.78, 5) is 14.2. The van der Waals surface area contributed by atoms with E-state index in [0.29, 0.717) is 11.8 Å². The lowest BCUT2D eigenvalue weighted by Crippen LogP contribution is -1.99. The molecule has 4 heteroatoms. The number of rotatable bonds is 2. The molecule has 0 fully saturated rings. The van der Waals surface area contributed by atoms with Crippen molar-refractivity contribution in [2.45, 2.75) is 0 Å². The Balaban J connectivity index is 3.05. The Morgan fingerprint density at radius 2 is 2.00 bits per heavy atom. The summed E-state index contributed by atoms with van der Waals surface area (Å²) in [7, 11) is 0. The smallest absolute Gasteiger partial charge is 0.339 e. The number of hydrogen-bond donors (Lipinski definition) is 2. The lowest BCUT2D eigenvalue weighted by atomic mass is 10.1. The average Bonchev–Trinajstić information content (AvgIpc) is 2.07. The molecule has 0 aliphatic heterocycles. The minimum Gasteiger partial charge on any atom is -0.515 e. The number of carboxylic acids is 1. The maximum Gasteiger partial charge on any atom is 0.339 e. The predicted molar refractivity (Wildman–Crippen MR) is 42.5 cm³/mol. The van der Waals surface area contributed by atoms with Gasteiger partial charge in [0.1, 0.15) is 5.57 Å². The van der Waals surface area contributed by atoms with Crippen LogP contribution >= 0.6 is 0 Å². The van der Waals surface area contributed by atoms with Crippen molar-refractivity contribution in [1.29, 1.82) is 0 Å². The molecule has 4 nitrogen and oxygen atoms in total. The van der Waals surface area contributed by atoms with Crippen LogP contribution in [-0.2, 0) is 4.79 Å². The quantitative estimate of drug-likeness (QED) is 0.507. The summed E-state index contributed by atoms with van der Waals surface area (Å²) in [5.41, 5.74) is 0.289. The number of carbonyl (C=O) groups is 1. The third-order valence-electron chi connectivity index (χ3n) is 1.35. The van der Waals surface area contributed by atoms with Crippen molar-refractivity contribution in [3.05, 3.63) is 36.4 Å². The van der Waals surface area contributed by atoms with Crippen LogP contribution in [0.15, 0.2) is 30.8 Å². The average molecular weight is 165 g/mol. The van der Waals surface area contributed by atoms with Crippen LogP contribution in [0.2, 0.25) is 0 Å². The van der Waals surface area contributed by atoms with E-state index in [1.54, 1.807) is 0 Å². The van der Waals surface area contributed by atoms with E-state index in [1.165, 1.54) is 24.5 Å². The fourth-order valence-electron chi connectivity index (χ4n) is 0.785. The first kappa shape index (κ1) is 8.26. The normalized spacial score (nSPS) is 11.2. The molecule has 0 amide bonds. The highest BCUT2D eigenvalue weighted by molar-refractivity contribution is 6.14. The molecule has 1 rings (SSSR count). The number of carboxylic acid groups (broad SMARTS) is 1. The molecule has 0 aromatic carbocycles. The Labute approximate surface area is 68.8 Å². The first-order valence-electron chi connectivity index (χ1n) is 3.24. The fraction of sp³-hybridized carbons (Fsp3) is 0. The number of aliphatic hydroxyl groups excluding tert-OH is 1. The largest absolute Gasteiger partial charge is 0.515 e. The van der Waals surface area contributed by atoms with Gasteiger partial charge >= 0.3 is 5.97 Å². The van der Waals surface area contributed by atoms with Gasteiger partial charge in [-0.05, 0) is 17.7 Å². The molecule has 2 N–H and O–H groups in total. The van der Waals surface area contributed by atoms with Crippen LogP contribution in [0.3, 0.4) is 0 Å². The van der Waals surface area contributed by atoms with Gasteiger partial charge in [-0.2, -0.15) is 0 Å². The van der Waals surface area contributed by atoms with Crippen LogP contribution in [0.4, 0.5) is 0 Å². The number of aliphatic carboxylic acids is 1. The molecule has 1 heterocycles. The van der Waals surface area contributed by atoms with Crippen molar-refractivity contribution in [3.8, 4) is 0 Å². The first-order chi connectivity index (χ1) is 5.75. The highest BCUT2D eigenvalue weighted by Gasteiger charge is 2.08. The molecular formula is C8H7NO3. The second kappa shape index (κ2) is 3.52. The van der Waals surface area contributed by atoms with E-state index in [2.05, 4.69) is 4.98 Å². The monoisotopic (exact) mass is 165 g/mol. The first-order valence-corrected chi connectivity index (χ1v) is 3.24. The maximum atomic E-state index is 10.5. The van der Waals surface area contributed by atoms with Gasteiger partial charge in [-0.25, -0.2) is 4.79 Å². The SMILES string of the molecule is O=C(O)C(=CO)c1ccncc1.